The molecule has 10 heavy (non-hydrogen) atoms. The molecule has 1 aliphatic heterocycles. The van der Waals surface area contributed by atoms with Gasteiger partial charge in [-0.05, 0) is 25.1 Å². The first-order chi connectivity index (χ1) is 4.79. The molecule has 0 bridgehead atoms. The minimum Gasteiger partial charge on any atom is -0.393 e. The van der Waals surface area contributed by atoms with Gasteiger partial charge in [-0.15, -0.1) is 0 Å². The van der Waals surface area contributed by atoms with Crippen LogP contribution in [-0.4, -0.2) is 17.8 Å². The second-order valence-electron chi connectivity index (χ2n) is 2.58. The average molecular weight is 139 g/mol. The molecule has 0 saturated carbocycles. The highest BCUT2D eigenvalue weighted by Crippen LogP contribution is 2.07. The maximum Gasteiger partial charge on any atom is 0.0552 e. The number of dihydropyridines is 1. The van der Waals surface area contributed by atoms with Gasteiger partial charge in [0.2, 0.25) is 0 Å². The molecule has 0 aromatic rings. The van der Waals surface area contributed by atoms with Gasteiger partial charge >= 0.3 is 0 Å². The molecular weight excluding hydrogens is 126 g/mol. The first-order valence-electron chi connectivity index (χ1n) is 3.56. The third-order valence-electron chi connectivity index (χ3n) is 1.39. The zero-order valence-electron chi connectivity index (χ0n) is 6.17. The van der Waals surface area contributed by atoms with E-state index in [2.05, 4.69) is 11.4 Å². The van der Waals surface area contributed by atoms with Gasteiger partial charge < -0.3 is 10.4 Å². The molecule has 1 aliphatic rings. The van der Waals surface area contributed by atoms with E-state index in [0.29, 0.717) is 0 Å². The molecule has 0 amide bonds. The fraction of sp³-hybridized carbons (Fsp3) is 0.500. The van der Waals surface area contributed by atoms with E-state index >= 15 is 0 Å². The van der Waals surface area contributed by atoms with Gasteiger partial charge in [0, 0.05) is 6.54 Å². The number of rotatable bonds is 2. The summed E-state index contributed by atoms with van der Waals surface area (Å²) >= 11 is 0. The Hall–Kier alpha value is -0.760. The van der Waals surface area contributed by atoms with Crippen LogP contribution in [0.4, 0.5) is 0 Å². The molecule has 0 saturated heterocycles. The van der Waals surface area contributed by atoms with Crippen molar-refractivity contribution in [2.24, 2.45) is 0 Å². The summed E-state index contributed by atoms with van der Waals surface area (Å²) in [5, 5.41) is 12.1. The lowest BCUT2D eigenvalue weighted by molar-refractivity contribution is 0.196. The molecule has 2 nitrogen and oxygen atoms in total. The Bertz CT molecular complexity index is 159. The predicted octanol–water partition coefficient (Wildman–Crippen LogP) is 0.801. The largest absolute Gasteiger partial charge is 0.393 e. The molecule has 2 heteroatoms. The van der Waals surface area contributed by atoms with E-state index in [0.717, 1.165) is 13.0 Å². The van der Waals surface area contributed by atoms with Crippen molar-refractivity contribution < 1.29 is 5.11 Å². The highest BCUT2D eigenvalue weighted by Gasteiger charge is 2.00. The second kappa shape index (κ2) is 3.42. The van der Waals surface area contributed by atoms with Gasteiger partial charge in [-0.1, -0.05) is 12.2 Å². The van der Waals surface area contributed by atoms with Gasteiger partial charge in [0.1, 0.15) is 0 Å². The minimum absolute atomic E-state index is 0.240. The maximum absolute atomic E-state index is 9.00. The molecule has 0 radical (unpaired) electrons. The molecule has 2 N–H and O–H groups in total. The number of aliphatic hydroxyl groups is 1. The fourth-order valence-electron chi connectivity index (χ4n) is 0.985. The lowest BCUT2D eigenvalue weighted by atomic mass is 10.1. The Morgan fingerprint density at radius 1 is 1.80 bits per heavy atom. The van der Waals surface area contributed by atoms with Crippen molar-refractivity contribution in [2.45, 2.75) is 19.4 Å². The van der Waals surface area contributed by atoms with Crippen LogP contribution >= 0.6 is 0 Å². The topological polar surface area (TPSA) is 32.3 Å². The van der Waals surface area contributed by atoms with Crippen molar-refractivity contribution in [3.8, 4) is 0 Å². The Morgan fingerprint density at radius 3 is 3.10 bits per heavy atom. The zero-order chi connectivity index (χ0) is 7.40. The molecule has 0 spiro atoms. The van der Waals surface area contributed by atoms with Crippen LogP contribution in [0.1, 0.15) is 13.3 Å². The first kappa shape index (κ1) is 7.35. The Kier molecular flexibility index (Phi) is 2.51. The lowest BCUT2D eigenvalue weighted by Crippen LogP contribution is -2.11. The van der Waals surface area contributed by atoms with Crippen LogP contribution in [0.5, 0.6) is 0 Å². The van der Waals surface area contributed by atoms with Crippen molar-refractivity contribution in [3.05, 3.63) is 23.9 Å². The summed E-state index contributed by atoms with van der Waals surface area (Å²) in [5.74, 6) is 0. The number of hydrogen-bond acceptors (Lipinski definition) is 2. The summed E-state index contributed by atoms with van der Waals surface area (Å²) < 4.78 is 0. The minimum atomic E-state index is -0.240. The van der Waals surface area contributed by atoms with Crippen molar-refractivity contribution in [2.75, 3.05) is 6.54 Å². The van der Waals surface area contributed by atoms with Crippen molar-refractivity contribution in [3.63, 3.8) is 0 Å². The quantitative estimate of drug-likeness (QED) is 0.593. The molecular formula is C8H13NO. The van der Waals surface area contributed by atoms with Crippen LogP contribution in [0.3, 0.4) is 0 Å². The molecule has 1 unspecified atom stereocenters. The highest BCUT2D eigenvalue weighted by atomic mass is 16.3. The maximum atomic E-state index is 9.00. The molecule has 1 rings (SSSR count). The van der Waals surface area contributed by atoms with E-state index in [1.54, 1.807) is 6.92 Å². The van der Waals surface area contributed by atoms with Gasteiger partial charge in [0.15, 0.2) is 0 Å². The summed E-state index contributed by atoms with van der Waals surface area (Å²) in [6, 6.07) is 0. The van der Waals surface area contributed by atoms with Crippen LogP contribution in [0.2, 0.25) is 0 Å². The standard InChI is InChI=1S/C8H13NO/c1-7(10)5-8-3-2-4-9-6-8/h2-3,6-7,9-10H,4-5H2,1H3. The van der Waals surface area contributed by atoms with Crippen molar-refractivity contribution >= 4 is 0 Å². The predicted molar refractivity (Wildman–Crippen MR) is 41.5 cm³/mol. The summed E-state index contributed by atoms with van der Waals surface area (Å²) in [6.45, 7) is 2.70. The third-order valence-corrected chi connectivity index (χ3v) is 1.39. The average Bonchev–Trinajstić information content (AvgIpc) is 1.88. The lowest BCUT2D eigenvalue weighted by Gasteiger charge is -2.09. The Labute approximate surface area is 61.3 Å². The van der Waals surface area contributed by atoms with Crippen LogP contribution in [0.15, 0.2) is 23.9 Å². The number of allylic oxidation sites excluding steroid dienone is 1. The number of aliphatic hydroxyl groups excluding tert-OH is 1. The Morgan fingerprint density at radius 2 is 2.60 bits per heavy atom. The summed E-state index contributed by atoms with van der Waals surface area (Å²) in [5.41, 5.74) is 1.17. The van der Waals surface area contributed by atoms with E-state index < -0.39 is 0 Å². The molecule has 1 heterocycles. The SMILES string of the molecule is CC(O)CC1=CNCC=C1. The van der Waals surface area contributed by atoms with E-state index in [-0.39, 0.29) is 6.10 Å². The number of nitrogens with one attached hydrogen (secondary N) is 1. The van der Waals surface area contributed by atoms with Crippen LogP contribution < -0.4 is 5.32 Å². The van der Waals surface area contributed by atoms with Crippen molar-refractivity contribution in [1.29, 1.82) is 0 Å². The van der Waals surface area contributed by atoms with E-state index in [9.17, 15) is 0 Å². The highest BCUT2D eigenvalue weighted by molar-refractivity contribution is 5.22. The second-order valence-corrected chi connectivity index (χ2v) is 2.58. The van der Waals surface area contributed by atoms with Crippen molar-refractivity contribution in [1.82, 2.24) is 5.32 Å². The van der Waals surface area contributed by atoms with Crippen LogP contribution in [0, 0.1) is 0 Å². The normalized spacial score (nSPS) is 19.6. The molecule has 0 aliphatic carbocycles. The van der Waals surface area contributed by atoms with Crippen LogP contribution in [-0.2, 0) is 0 Å². The summed E-state index contributed by atoms with van der Waals surface area (Å²) in [7, 11) is 0. The van der Waals surface area contributed by atoms with E-state index in [1.807, 2.05) is 12.3 Å². The van der Waals surface area contributed by atoms with E-state index in [4.69, 9.17) is 5.11 Å². The first-order valence-corrected chi connectivity index (χ1v) is 3.56. The van der Waals surface area contributed by atoms with Gasteiger partial charge in [-0.3, -0.25) is 0 Å². The van der Waals surface area contributed by atoms with Gasteiger partial charge in [0.05, 0.1) is 6.10 Å². The van der Waals surface area contributed by atoms with Gasteiger partial charge in [0.25, 0.3) is 0 Å². The molecule has 0 aromatic heterocycles. The molecule has 0 aromatic carbocycles. The number of hydrogen-bond donors (Lipinski definition) is 2. The van der Waals surface area contributed by atoms with Crippen LogP contribution in [0.25, 0.3) is 0 Å². The molecule has 56 valence electrons. The molecule has 0 fully saturated rings. The monoisotopic (exact) mass is 139 g/mol. The molecule has 1 atom stereocenters. The third kappa shape index (κ3) is 2.23. The van der Waals surface area contributed by atoms with Gasteiger partial charge in [-0.25, -0.2) is 0 Å². The van der Waals surface area contributed by atoms with Gasteiger partial charge in [-0.2, -0.15) is 0 Å². The smallest absolute Gasteiger partial charge is 0.0552 e. The summed E-state index contributed by atoms with van der Waals surface area (Å²) in [4.78, 5) is 0. The fourth-order valence-corrected chi connectivity index (χ4v) is 0.985. The zero-order valence-corrected chi connectivity index (χ0v) is 6.17. The summed E-state index contributed by atoms with van der Waals surface area (Å²) in [6.07, 6.45) is 6.55. The van der Waals surface area contributed by atoms with E-state index in [1.165, 1.54) is 5.57 Å². The Balaban J connectivity index is 2.40.